The van der Waals surface area contributed by atoms with Crippen molar-refractivity contribution in [1.82, 2.24) is 0 Å². The lowest BCUT2D eigenvalue weighted by Crippen LogP contribution is -2.28. The number of Topliss-reactive ketones (excluding diaryl/α,β-unsaturated/α-hetero) is 3. The van der Waals surface area contributed by atoms with Crippen LogP contribution in [0.3, 0.4) is 0 Å². The van der Waals surface area contributed by atoms with Crippen LogP contribution in [0.4, 0.5) is 0 Å². The molecule has 0 aliphatic heterocycles. The molecule has 0 rings (SSSR count). The summed E-state index contributed by atoms with van der Waals surface area (Å²) >= 11 is 0. The highest BCUT2D eigenvalue weighted by Gasteiger charge is 2.31. The Morgan fingerprint density at radius 2 is 1.50 bits per heavy atom. The molecule has 3 nitrogen and oxygen atoms in total. The maximum Gasteiger partial charge on any atom is 0.136 e. The molecule has 1 unspecified atom stereocenters. The van der Waals surface area contributed by atoms with E-state index in [4.69, 9.17) is 0 Å². The number of hydrogen-bond donors (Lipinski definition) is 0. The van der Waals surface area contributed by atoms with Crippen molar-refractivity contribution < 1.29 is 14.4 Å². The Balaban J connectivity index is 4.47. The zero-order chi connectivity index (χ0) is 11.4. The number of hydrogen-bond acceptors (Lipinski definition) is 3. The third-order valence-electron chi connectivity index (χ3n) is 2.52. The van der Waals surface area contributed by atoms with Crippen LogP contribution in [0.5, 0.6) is 0 Å². The van der Waals surface area contributed by atoms with E-state index in [1.54, 1.807) is 6.92 Å². The van der Waals surface area contributed by atoms with E-state index in [0.29, 0.717) is 12.8 Å². The molecule has 1 atom stereocenters. The third kappa shape index (κ3) is 4.30. The molecule has 0 spiro atoms. The normalized spacial score (nSPS) is 14.6. The molecule has 0 radical (unpaired) electrons. The van der Waals surface area contributed by atoms with Crippen molar-refractivity contribution in [3.05, 3.63) is 0 Å². The number of carbonyl (C=O) groups excluding carboxylic acids is 3. The van der Waals surface area contributed by atoms with Crippen molar-refractivity contribution in [2.45, 2.75) is 47.0 Å². The van der Waals surface area contributed by atoms with Gasteiger partial charge in [-0.3, -0.25) is 9.59 Å². The van der Waals surface area contributed by atoms with Gasteiger partial charge in [0.2, 0.25) is 0 Å². The van der Waals surface area contributed by atoms with Crippen molar-refractivity contribution in [2.75, 3.05) is 0 Å². The molecule has 80 valence electrons. The standard InChI is InChI=1S/C11H18O3/c1-8(12)5-6-11(4,10(3)14)7-9(2)13/h5-7H2,1-4H3. The van der Waals surface area contributed by atoms with Crippen molar-refractivity contribution in [3.63, 3.8) is 0 Å². The van der Waals surface area contributed by atoms with E-state index in [1.807, 2.05) is 0 Å². The summed E-state index contributed by atoms with van der Waals surface area (Å²) in [6.07, 6.45) is 1.07. The molecule has 0 aromatic rings. The molecule has 0 aromatic heterocycles. The summed E-state index contributed by atoms with van der Waals surface area (Å²) in [5, 5.41) is 0. The first-order valence-electron chi connectivity index (χ1n) is 4.78. The van der Waals surface area contributed by atoms with E-state index in [0.717, 1.165) is 0 Å². The Kier molecular flexibility index (Phi) is 4.68. The van der Waals surface area contributed by atoms with Gasteiger partial charge in [0.05, 0.1) is 0 Å². The molecule has 0 aromatic carbocycles. The van der Waals surface area contributed by atoms with E-state index < -0.39 is 5.41 Å². The van der Waals surface area contributed by atoms with Gasteiger partial charge in [0, 0.05) is 18.3 Å². The lowest BCUT2D eigenvalue weighted by Gasteiger charge is -2.24. The average Bonchev–Trinajstić information content (AvgIpc) is 1.99. The Hall–Kier alpha value is -0.990. The zero-order valence-electron chi connectivity index (χ0n) is 9.35. The maximum absolute atomic E-state index is 11.4. The second kappa shape index (κ2) is 5.03. The highest BCUT2D eigenvalue weighted by molar-refractivity contribution is 5.89. The molecule has 0 saturated carbocycles. The minimum atomic E-state index is -0.655. The molecule has 14 heavy (non-hydrogen) atoms. The SMILES string of the molecule is CC(=O)CCC(C)(CC(C)=O)C(C)=O. The first-order valence-corrected chi connectivity index (χ1v) is 4.78. The molecule has 0 bridgehead atoms. The first kappa shape index (κ1) is 13.0. The van der Waals surface area contributed by atoms with Crippen molar-refractivity contribution in [3.8, 4) is 0 Å². The Labute approximate surface area is 84.9 Å². The predicted molar refractivity (Wildman–Crippen MR) is 54.0 cm³/mol. The lowest BCUT2D eigenvalue weighted by molar-refractivity contribution is -0.132. The predicted octanol–water partition coefficient (Wildman–Crippen LogP) is 1.93. The van der Waals surface area contributed by atoms with Gasteiger partial charge in [0.15, 0.2) is 0 Å². The number of rotatable bonds is 6. The maximum atomic E-state index is 11.4. The van der Waals surface area contributed by atoms with Gasteiger partial charge in [-0.15, -0.1) is 0 Å². The molecule has 0 aliphatic rings. The third-order valence-corrected chi connectivity index (χ3v) is 2.52. The Morgan fingerprint density at radius 1 is 1.00 bits per heavy atom. The monoisotopic (exact) mass is 198 g/mol. The summed E-state index contributed by atoms with van der Waals surface area (Å²) < 4.78 is 0. The highest BCUT2D eigenvalue weighted by Crippen LogP contribution is 2.29. The largest absolute Gasteiger partial charge is 0.300 e. The van der Waals surface area contributed by atoms with E-state index >= 15 is 0 Å². The van der Waals surface area contributed by atoms with Gasteiger partial charge in [-0.25, -0.2) is 0 Å². The van der Waals surface area contributed by atoms with Crippen molar-refractivity contribution in [2.24, 2.45) is 5.41 Å². The molecular formula is C11H18O3. The minimum absolute atomic E-state index is 0.00810. The Morgan fingerprint density at radius 3 is 1.79 bits per heavy atom. The van der Waals surface area contributed by atoms with Gasteiger partial charge in [-0.05, 0) is 27.2 Å². The van der Waals surface area contributed by atoms with Crippen LogP contribution >= 0.6 is 0 Å². The lowest BCUT2D eigenvalue weighted by atomic mass is 9.77. The number of ketones is 3. The van der Waals surface area contributed by atoms with Crippen LogP contribution in [0.1, 0.15) is 47.0 Å². The summed E-state index contributed by atoms with van der Waals surface area (Å²) in [6.45, 7) is 6.19. The van der Waals surface area contributed by atoms with E-state index in [-0.39, 0.29) is 23.8 Å². The van der Waals surface area contributed by atoms with Crippen LogP contribution in [-0.4, -0.2) is 17.3 Å². The molecule has 0 saturated heterocycles. The summed E-state index contributed by atoms with van der Waals surface area (Å²) in [5.74, 6) is 0.0289. The van der Waals surface area contributed by atoms with Gasteiger partial charge in [-0.1, -0.05) is 6.92 Å². The second-order valence-corrected chi connectivity index (χ2v) is 4.20. The van der Waals surface area contributed by atoms with Gasteiger partial charge in [0.25, 0.3) is 0 Å². The van der Waals surface area contributed by atoms with Crippen LogP contribution in [0.15, 0.2) is 0 Å². The first-order chi connectivity index (χ1) is 6.28. The minimum Gasteiger partial charge on any atom is -0.300 e. The van der Waals surface area contributed by atoms with E-state index in [1.165, 1.54) is 20.8 Å². The second-order valence-electron chi connectivity index (χ2n) is 4.20. The van der Waals surface area contributed by atoms with Crippen LogP contribution in [0, 0.1) is 5.41 Å². The molecule has 0 N–H and O–H groups in total. The summed E-state index contributed by atoms with van der Waals surface area (Å²) in [4.78, 5) is 33.1. The average molecular weight is 198 g/mol. The molecule has 0 heterocycles. The molecule has 0 fully saturated rings. The van der Waals surface area contributed by atoms with Crippen LogP contribution < -0.4 is 0 Å². The molecule has 0 amide bonds. The van der Waals surface area contributed by atoms with Crippen LogP contribution in [0.2, 0.25) is 0 Å². The van der Waals surface area contributed by atoms with E-state index in [9.17, 15) is 14.4 Å². The molecular weight excluding hydrogens is 180 g/mol. The van der Waals surface area contributed by atoms with Gasteiger partial charge in [0.1, 0.15) is 17.3 Å². The topological polar surface area (TPSA) is 51.2 Å². The summed E-state index contributed by atoms with van der Waals surface area (Å²) in [6, 6.07) is 0. The fourth-order valence-corrected chi connectivity index (χ4v) is 1.39. The van der Waals surface area contributed by atoms with Crippen molar-refractivity contribution >= 4 is 17.3 Å². The molecule has 0 aliphatic carbocycles. The quantitative estimate of drug-likeness (QED) is 0.655. The zero-order valence-corrected chi connectivity index (χ0v) is 9.35. The van der Waals surface area contributed by atoms with Gasteiger partial charge in [-0.2, -0.15) is 0 Å². The summed E-state index contributed by atoms with van der Waals surface area (Å²) in [7, 11) is 0. The fourth-order valence-electron chi connectivity index (χ4n) is 1.39. The van der Waals surface area contributed by atoms with Gasteiger partial charge >= 0.3 is 0 Å². The van der Waals surface area contributed by atoms with Crippen LogP contribution in [0.25, 0.3) is 0 Å². The smallest absolute Gasteiger partial charge is 0.136 e. The van der Waals surface area contributed by atoms with Crippen LogP contribution in [-0.2, 0) is 14.4 Å². The highest BCUT2D eigenvalue weighted by atomic mass is 16.1. The summed E-state index contributed by atoms with van der Waals surface area (Å²) in [5.41, 5.74) is -0.655. The van der Waals surface area contributed by atoms with Crippen molar-refractivity contribution in [1.29, 1.82) is 0 Å². The fraction of sp³-hybridized carbons (Fsp3) is 0.727. The number of carbonyl (C=O) groups is 3. The van der Waals surface area contributed by atoms with E-state index in [2.05, 4.69) is 0 Å². The van der Waals surface area contributed by atoms with Gasteiger partial charge < -0.3 is 4.79 Å². The Bertz CT molecular complexity index is 255. The molecule has 3 heteroatoms.